The van der Waals surface area contributed by atoms with Gasteiger partial charge < -0.3 is 10.4 Å². The van der Waals surface area contributed by atoms with E-state index in [0.29, 0.717) is 5.69 Å². The number of benzene rings is 2. The van der Waals surface area contributed by atoms with Crippen LogP contribution in [0.1, 0.15) is 29.0 Å². The van der Waals surface area contributed by atoms with Gasteiger partial charge in [0.25, 0.3) is 0 Å². The molecule has 126 valence electrons. The summed E-state index contributed by atoms with van der Waals surface area (Å²) in [5.41, 5.74) is 4.71. The normalized spacial score (nSPS) is 16.4. The Balaban J connectivity index is 1.84. The summed E-state index contributed by atoms with van der Waals surface area (Å²) in [7, 11) is 0. The van der Waals surface area contributed by atoms with Crippen LogP contribution < -0.4 is 5.32 Å². The highest BCUT2D eigenvalue weighted by atomic mass is 19.1. The number of hydrogen-bond donors (Lipinski definition) is 3. The number of carbonyl (C=O) groups excluding carboxylic acids is 1. The van der Waals surface area contributed by atoms with Crippen LogP contribution >= 0.6 is 0 Å². The number of aromatic amines is 1. The van der Waals surface area contributed by atoms with Crippen molar-refractivity contribution in [2.45, 2.75) is 19.3 Å². The van der Waals surface area contributed by atoms with Crippen molar-refractivity contribution in [3.05, 3.63) is 65.1 Å². The Kier molecular flexibility index (Phi) is 3.53. The monoisotopic (exact) mass is 337 g/mol. The minimum absolute atomic E-state index is 0.119. The van der Waals surface area contributed by atoms with Crippen LogP contribution in [0.25, 0.3) is 11.3 Å². The molecule has 0 saturated heterocycles. The highest BCUT2D eigenvalue weighted by molar-refractivity contribution is 5.96. The fraction of sp³-hybridized carbons (Fsp3) is 0.158. The summed E-state index contributed by atoms with van der Waals surface area (Å²) < 4.78 is 13.2. The van der Waals surface area contributed by atoms with Crippen molar-refractivity contribution in [2.75, 3.05) is 5.32 Å². The molecule has 0 unspecified atom stereocenters. The van der Waals surface area contributed by atoms with Crippen molar-refractivity contribution < 1.29 is 14.3 Å². The molecule has 2 aromatic carbocycles. The predicted molar refractivity (Wildman–Crippen MR) is 91.9 cm³/mol. The standard InChI is InChI=1S/C19H16FN3O2/c1-10-6-14-13(7-18(25)22-16(14)8-17(10)24)15-9-21-23-19(15)11-2-4-12(20)5-3-11/h2-6,8-9,13,24H,7H2,1H3,(H,21,23)(H,22,25)/t13-/m1/s1. The van der Waals surface area contributed by atoms with Gasteiger partial charge in [0, 0.05) is 35.2 Å². The third-order valence-corrected chi connectivity index (χ3v) is 4.58. The van der Waals surface area contributed by atoms with Crippen LogP contribution in [-0.4, -0.2) is 21.2 Å². The van der Waals surface area contributed by atoms with E-state index in [4.69, 9.17) is 0 Å². The van der Waals surface area contributed by atoms with Gasteiger partial charge in [-0.2, -0.15) is 5.10 Å². The van der Waals surface area contributed by atoms with Crippen LogP contribution in [0.5, 0.6) is 5.75 Å². The van der Waals surface area contributed by atoms with E-state index in [2.05, 4.69) is 15.5 Å². The highest BCUT2D eigenvalue weighted by Gasteiger charge is 2.30. The van der Waals surface area contributed by atoms with Crippen molar-refractivity contribution in [1.82, 2.24) is 10.2 Å². The Morgan fingerprint density at radius 3 is 2.72 bits per heavy atom. The summed E-state index contributed by atoms with van der Waals surface area (Å²) in [6.07, 6.45) is 1.98. The number of amides is 1. The molecule has 0 radical (unpaired) electrons. The van der Waals surface area contributed by atoms with E-state index >= 15 is 0 Å². The Morgan fingerprint density at radius 1 is 1.20 bits per heavy atom. The van der Waals surface area contributed by atoms with Crippen LogP contribution in [0.3, 0.4) is 0 Å². The average Bonchev–Trinajstić information content (AvgIpc) is 3.06. The van der Waals surface area contributed by atoms with Crippen LogP contribution in [0.2, 0.25) is 0 Å². The van der Waals surface area contributed by atoms with E-state index < -0.39 is 0 Å². The molecule has 3 aromatic rings. The number of fused-ring (bicyclic) bond motifs is 1. The fourth-order valence-electron chi connectivity index (χ4n) is 3.30. The number of aromatic hydroxyl groups is 1. The first kappa shape index (κ1) is 15.4. The fourth-order valence-corrected chi connectivity index (χ4v) is 3.30. The molecular weight excluding hydrogens is 321 g/mol. The van der Waals surface area contributed by atoms with Gasteiger partial charge in [-0.25, -0.2) is 4.39 Å². The lowest BCUT2D eigenvalue weighted by molar-refractivity contribution is -0.116. The summed E-state index contributed by atoms with van der Waals surface area (Å²) in [4.78, 5) is 12.1. The van der Waals surface area contributed by atoms with Crippen LogP contribution in [0, 0.1) is 12.7 Å². The second-order valence-electron chi connectivity index (χ2n) is 6.24. The van der Waals surface area contributed by atoms with Crippen LogP contribution in [0.4, 0.5) is 10.1 Å². The topological polar surface area (TPSA) is 78.0 Å². The Bertz CT molecular complexity index is 963. The predicted octanol–water partition coefficient (Wildman–Crippen LogP) is 3.70. The van der Waals surface area contributed by atoms with E-state index in [1.165, 1.54) is 12.1 Å². The smallest absolute Gasteiger partial charge is 0.225 e. The molecule has 1 aliphatic heterocycles. The largest absolute Gasteiger partial charge is 0.508 e. The van der Waals surface area contributed by atoms with E-state index in [1.54, 1.807) is 24.4 Å². The summed E-state index contributed by atoms with van der Waals surface area (Å²) >= 11 is 0. The van der Waals surface area contributed by atoms with E-state index in [0.717, 1.165) is 27.9 Å². The summed E-state index contributed by atoms with van der Waals surface area (Å²) in [6.45, 7) is 1.82. The molecule has 1 aromatic heterocycles. The van der Waals surface area contributed by atoms with Gasteiger partial charge >= 0.3 is 0 Å². The molecule has 2 heterocycles. The number of aryl methyl sites for hydroxylation is 1. The minimum atomic E-state index is -0.307. The van der Waals surface area contributed by atoms with E-state index in [1.807, 2.05) is 13.0 Å². The third kappa shape index (κ3) is 2.65. The van der Waals surface area contributed by atoms with Gasteiger partial charge in [-0.3, -0.25) is 9.89 Å². The van der Waals surface area contributed by atoms with Gasteiger partial charge in [0.2, 0.25) is 5.91 Å². The van der Waals surface area contributed by atoms with Crippen molar-refractivity contribution in [2.24, 2.45) is 0 Å². The molecule has 0 fully saturated rings. The molecule has 0 saturated carbocycles. The number of phenolic OH excluding ortho intramolecular Hbond substituents is 1. The first-order valence-electron chi connectivity index (χ1n) is 7.95. The first-order chi connectivity index (χ1) is 12.0. The average molecular weight is 337 g/mol. The summed E-state index contributed by atoms with van der Waals surface area (Å²) in [5.74, 6) is -0.474. The maximum Gasteiger partial charge on any atom is 0.225 e. The van der Waals surface area contributed by atoms with Gasteiger partial charge in [0.1, 0.15) is 11.6 Å². The zero-order valence-electron chi connectivity index (χ0n) is 13.5. The van der Waals surface area contributed by atoms with Crippen molar-refractivity contribution in [3.8, 4) is 17.0 Å². The van der Waals surface area contributed by atoms with Crippen molar-refractivity contribution in [1.29, 1.82) is 0 Å². The zero-order valence-corrected chi connectivity index (χ0v) is 13.5. The van der Waals surface area contributed by atoms with Crippen LogP contribution in [0.15, 0.2) is 42.6 Å². The number of aromatic nitrogens is 2. The number of anilines is 1. The third-order valence-electron chi connectivity index (χ3n) is 4.58. The molecule has 0 spiro atoms. The van der Waals surface area contributed by atoms with Gasteiger partial charge in [0.15, 0.2) is 0 Å². The highest BCUT2D eigenvalue weighted by Crippen LogP contribution is 2.42. The lowest BCUT2D eigenvalue weighted by Gasteiger charge is -2.26. The molecule has 6 heteroatoms. The minimum Gasteiger partial charge on any atom is -0.508 e. The van der Waals surface area contributed by atoms with Crippen molar-refractivity contribution >= 4 is 11.6 Å². The number of halogens is 1. The Hall–Kier alpha value is -3.15. The first-order valence-corrected chi connectivity index (χ1v) is 7.95. The molecular formula is C19H16FN3O2. The SMILES string of the molecule is Cc1cc2c(cc1O)NC(=O)C[C@H]2c1cn[nH]c1-c1ccc(F)cc1. The molecule has 5 nitrogen and oxygen atoms in total. The number of nitrogens with one attached hydrogen (secondary N) is 2. The second-order valence-corrected chi connectivity index (χ2v) is 6.24. The number of nitrogens with zero attached hydrogens (tertiary/aromatic N) is 1. The zero-order chi connectivity index (χ0) is 17.6. The molecule has 1 atom stereocenters. The number of rotatable bonds is 2. The molecule has 0 aliphatic carbocycles. The molecule has 3 N–H and O–H groups in total. The number of carbonyl (C=O) groups is 1. The lowest BCUT2D eigenvalue weighted by Crippen LogP contribution is -2.23. The molecule has 1 aliphatic rings. The number of phenols is 1. The van der Waals surface area contributed by atoms with Gasteiger partial charge in [-0.15, -0.1) is 0 Å². The van der Waals surface area contributed by atoms with Gasteiger partial charge in [-0.1, -0.05) is 0 Å². The lowest BCUT2D eigenvalue weighted by atomic mass is 9.83. The molecule has 25 heavy (non-hydrogen) atoms. The maximum atomic E-state index is 13.2. The molecule has 1 amide bonds. The van der Waals surface area contributed by atoms with Gasteiger partial charge in [0.05, 0.1) is 11.9 Å². The number of H-pyrrole nitrogens is 1. The maximum absolute atomic E-state index is 13.2. The Labute approximate surface area is 143 Å². The summed E-state index contributed by atoms with van der Waals surface area (Å²) in [5, 5.41) is 19.8. The van der Waals surface area contributed by atoms with Crippen LogP contribution in [-0.2, 0) is 4.79 Å². The molecule has 0 bridgehead atoms. The molecule has 4 rings (SSSR count). The number of hydrogen-bond acceptors (Lipinski definition) is 3. The second kappa shape index (κ2) is 5.73. The summed E-state index contributed by atoms with van der Waals surface area (Å²) in [6, 6.07) is 9.60. The van der Waals surface area contributed by atoms with Gasteiger partial charge in [-0.05, 0) is 48.4 Å². The van der Waals surface area contributed by atoms with E-state index in [9.17, 15) is 14.3 Å². The van der Waals surface area contributed by atoms with E-state index in [-0.39, 0.29) is 29.8 Å². The van der Waals surface area contributed by atoms with Crippen molar-refractivity contribution in [3.63, 3.8) is 0 Å². The quantitative estimate of drug-likeness (QED) is 0.667. The Morgan fingerprint density at radius 2 is 1.96 bits per heavy atom.